The van der Waals surface area contributed by atoms with Gasteiger partial charge < -0.3 is 20.5 Å². The number of hydrogen-bond acceptors (Lipinski definition) is 5. The molecule has 2 amide bonds. The van der Waals surface area contributed by atoms with Crippen molar-refractivity contribution in [1.82, 2.24) is 4.90 Å². The van der Waals surface area contributed by atoms with E-state index in [0.29, 0.717) is 5.56 Å². The van der Waals surface area contributed by atoms with Crippen LogP contribution in [0.15, 0.2) is 18.2 Å². The van der Waals surface area contributed by atoms with Crippen LogP contribution in [0.2, 0.25) is 0 Å². The number of aliphatic carboxylic acids is 1. The van der Waals surface area contributed by atoms with Gasteiger partial charge in [0.2, 0.25) is 5.91 Å². The molecule has 1 aromatic carbocycles. The van der Waals surface area contributed by atoms with E-state index in [9.17, 15) is 28.0 Å². The minimum Gasteiger partial charge on any atom is -0.477 e. The molecule has 0 unspecified atom stereocenters. The summed E-state index contributed by atoms with van der Waals surface area (Å²) in [4.78, 5) is 48.3. The molecule has 1 aliphatic rings. The third kappa shape index (κ3) is 4.87. The fourth-order valence-corrected chi connectivity index (χ4v) is 2.99. The Hall–Kier alpha value is -3.04. The van der Waals surface area contributed by atoms with Gasteiger partial charge in [-0.1, -0.05) is 12.1 Å². The molecular formula is C19H22F2N2O6. The van der Waals surface area contributed by atoms with E-state index in [1.165, 1.54) is 6.07 Å². The van der Waals surface area contributed by atoms with Gasteiger partial charge in [0.05, 0.1) is 0 Å². The van der Waals surface area contributed by atoms with Gasteiger partial charge in [0.15, 0.2) is 0 Å². The summed E-state index contributed by atoms with van der Waals surface area (Å²) >= 11 is 0. The molecule has 1 aromatic rings. The number of nitrogens with two attached hydrogens (primary N) is 1. The number of nitrogens with zero attached hydrogens (tertiary/aromatic N) is 1. The second-order valence-electron chi connectivity index (χ2n) is 7.73. The van der Waals surface area contributed by atoms with Gasteiger partial charge >= 0.3 is 17.9 Å². The van der Waals surface area contributed by atoms with E-state index in [1.54, 1.807) is 20.8 Å². The van der Waals surface area contributed by atoms with E-state index in [2.05, 4.69) is 0 Å². The maximum absolute atomic E-state index is 13.8. The maximum atomic E-state index is 13.8. The SMILES string of the molecule is CC(C)(C)OC(=O)CC[C@@H](C(N)=O)N1Cc2ccc(C(F)(F)C(=O)O)cc2C1=O. The van der Waals surface area contributed by atoms with E-state index < -0.39 is 46.9 Å². The molecule has 1 aliphatic heterocycles. The molecule has 1 atom stereocenters. The fourth-order valence-electron chi connectivity index (χ4n) is 2.99. The highest BCUT2D eigenvalue weighted by atomic mass is 19.3. The number of carbonyl (C=O) groups is 4. The molecule has 158 valence electrons. The molecule has 3 N–H and O–H groups in total. The molecule has 29 heavy (non-hydrogen) atoms. The number of carboxylic acids is 1. The lowest BCUT2D eigenvalue weighted by Crippen LogP contribution is -2.45. The van der Waals surface area contributed by atoms with Gasteiger partial charge in [0.25, 0.3) is 5.91 Å². The predicted molar refractivity (Wildman–Crippen MR) is 95.9 cm³/mol. The molecule has 1 heterocycles. The number of rotatable bonds is 7. The quantitative estimate of drug-likeness (QED) is 0.658. The lowest BCUT2D eigenvalue weighted by Gasteiger charge is -2.25. The molecular weight excluding hydrogens is 390 g/mol. The lowest BCUT2D eigenvalue weighted by molar-refractivity contribution is -0.166. The molecule has 0 bridgehead atoms. The molecule has 2 rings (SSSR count). The first kappa shape index (κ1) is 22.3. The van der Waals surface area contributed by atoms with Crippen molar-refractivity contribution in [3.63, 3.8) is 0 Å². The zero-order valence-electron chi connectivity index (χ0n) is 16.2. The number of fused-ring (bicyclic) bond motifs is 1. The Morgan fingerprint density at radius 3 is 2.41 bits per heavy atom. The Morgan fingerprint density at radius 2 is 1.90 bits per heavy atom. The zero-order chi connectivity index (χ0) is 22.1. The van der Waals surface area contributed by atoms with Crippen molar-refractivity contribution in [2.75, 3.05) is 0 Å². The van der Waals surface area contributed by atoms with Crippen molar-refractivity contribution in [3.05, 3.63) is 34.9 Å². The van der Waals surface area contributed by atoms with Gasteiger partial charge in [-0.15, -0.1) is 0 Å². The van der Waals surface area contributed by atoms with Crippen LogP contribution in [0, 0.1) is 0 Å². The largest absolute Gasteiger partial charge is 0.477 e. The van der Waals surface area contributed by atoms with Crippen LogP contribution < -0.4 is 5.73 Å². The summed E-state index contributed by atoms with van der Waals surface area (Å²) in [6.45, 7) is 4.97. The number of esters is 1. The number of primary amides is 1. The third-order valence-corrected chi connectivity index (χ3v) is 4.32. The van der Waals surface area contributed by atoms with Crippen molar-refractivity contribution < 1.29 is 37.8 Å². The van der Waals surface area contributed by atoms with Gasteiger partial charge in [0.1, 0.15) is 11.6 Å². The number of hydrogen-bond donors (Lipinski definition) is 2. The van der Waals surface area contributed by atoms with Crippen LogP contribution in [0.5, 0.6) is 0 Å². The highest BCUT2D eigenvalue weighted by Gasteiger charge is 2.43. The number of carbonyl (C=O) groups excluding carboxylic acids is 3. The number of halogens is 2. The predicted octanol–water partition coefficient (Wildman–Crippen LogP) is 1.79. The monoisotopic (exact) mass is 412 g/mol. The Morgan fingerprint density at radius 1 is 1.28 bits per heavy atom. The van der Waals surface area contributed by atoms with Crippen LogP contribution >= 0.6 is 0 Å². The summed E-state index contributed by atoms with van der Waals surface area (Å²) < 4.78 is 32.7. The molecule has 10 heteroatoms. The van der Waals surface area contributed by atoms with Crippen molar-refractivity contribution in [2.24, 2.45) is 5.73 Å². The Balaban J connectivity index is 2.21. The third-order valence-electron chi connectivity index (χ3n) is 4.32. The summed E-state index contributed by atoms with van der Waals surface area (Å²) in [5, 5.41) is 8.67. The molecule has 0 aliphatic carbocycles. The number of ether oxygens (including phenoxy) is 1. The summed E-state index contributed by atoms with van der Waals surface area (Å²) in [5.74, 6) is -8.67. The molecule has 0 radical (unpaired) electrons. The summed E-state index contributed by atoms with van der Waals surface area (Å²) in [7, 11) is 0. The van der Waals surface area contributed by atoms with E-state index in [-0.39, 0.29) is 24.9 Å². The maximum Gasteiger partial charge on any atom is 0.379 e. The van der Waals surface area contributed by atoms with Crippen LogP contribution in [0.1, 0.15) is 55.1 Å². The average Bonchev–Trinajstić information content (AvgIpc) is 2.89. The fraction of sp³-hybridized carbons (Fsp3) is 0.474. The topological polar surface area (TPSA) is 127 Å². The van der Waals surface area contributed by atoms with Gasteiger partial charge in [-0.05, 0) is 38.8 Å². The Bertz CT molecular complexity index is 863. The van der Waals surface area contributed by atoms with Gasteiger partial charge in [0, 0.05) is 24.1 Å². The van der Waals surface area contributed by atoms with E-state index >= 15 is 0 Å². The first-order chi connectivity index (χ1) is 13.2. The van der Waals surface area contributed by atoms with Crippen LogP contribution in [0.4, 0.5) is 8.78 Å². The van der Waals surface area contributed by atoms with Crippen LogP contribution in [0.25, 0.3) is 0 Å². The molecule has 8 nitrogen and oxygen atoms in total. The normalized spacial score (nSPS) is 15.1. The standard InChI is InChI=1S/C19H22F2N2O6/c1-18(2,3)29-14(24)7-6-13(15(22)25)23-9-10-4-5-11(8-12(10)16(23)26)19(20,21)17(27)28/h4-5,8,13H,6-7,9H2,1-3H3,(H2,22,25)(H,27,28)/t13-/m0/s1. The molecule has 0 aromatic heterocycles. The highest BCUT2D eigenvalue weighted by molar-refractivity contribution is 6.01. The first-order valence-corrected chi connectivity index (χ1v) is 8.81. The summed E-state index contributed by atoms with van der Waals surface area (Å²) in [6, 6.07) is 1.79. The van der Waals surface area contributed by atoms with Crippen LogP contribution in [-0.4, -0.2) is 45.4 Å². The average molecular weight is 412 g/mol. The van der Waals surface area contributed by atoms with Gasteiger partial charge in [-0.3, -0.25) is 14.4 Å². The zero-order valence-corrected chi connectivity index (χ0v) is 16.2. The molecule has 0 fully saturated rings. The van der Waals surface area contributed by atoms with Crippen molar-refractivity contribution in [2.45, 2.75) is 57.7 Å². The molecule has 0 spiro atoms. The van der Waals surface area contributed by atoms with Crippen LogP contribution in [0.3, 0.4) is 0 Å². The minimum absolute atomic E-state index is 0.0744. The first-order valence-electron chi connectivity index (χ1n) is 8.81. The van der Waals surface area contributed by atoms with Gasteiger partial charge in [-0.25, -0.2) is 4.79 Å². The Labute approximate surface area is 165 Å². The van der Waals surface area contributed by atoms with E-state index in [0.717, 1.165) is 17.0 Å². The number of alkyl halides is 2. The minimum atomic E-state index is -4.16. The number of amides is 2. The summed E-state index contributed by atoms with van der Waals surface area (Å²) in [6.07, 6.45) is -0.268. The molecule has 0 saturated heterocycles. The second-order valence-corrected chi connectivity index (χ2v) is 7.73. The lowest BCUT2D eigenvalue weighted by atomic mass is 10.0. The Kier molecular flexibility index (Phi) is 5.96. The van der Waals surface area contributed by atoms with E-state index in [4.69, 9.17) is 15.6 Å². The van der Waals surface area contributed by atoms with Crippen molar-refractivity contribution in [3.8, 4) is 0 Å². The van der Waals surface area contributed by atoms with Crippen molar-refractivity contribution in [1.29, 1.82) is 0 Å². The highest BCUT2D eigenvalue weighted by Crippen LogP contribution is 2.33. The van der Waals surface area contributed by atoms with Gasteiger partial charge in [-0.2, -0.15) is 8.78 Å². The smallest absolute Gasteiger partial charge is 0.379 e. The second kappa shape index (κ2) is 7.76. The summed E-state index contributed by atoms with van der Waals surface area (Å²) in [5.41, 5.74) is 4.04. The number of benzene rings is 1. The molecule has 0 saturated carbocycles. The van der Waals surface area contributed by atoms with Crippen molar-refractivity contribution >= 4 is 23.8 Å². The van der Waals surface area contributed by atoms with Crippen LogP contribution in [-0.2, 0) is 31.6 Å². The number of carboxylic acid groups (broad SMARTS) is 1. The van der Waals surface area contributed by atoms with E-state index in [1.807, 2.05) is 0 Å².